The van der Waals surface area contributed by atoms with E-state index in [0.29, 0.717) is 0 Å². The van der Waals surface area contributed by atoms with Crippen LogP contribution in [0.5, 0.6) is 0 Å². The van der Waals surface area contributed by atoms with Gasteiger partial charge in [-0.2, -0.15) is 0 Å². The van der Waals surface area contributed by atoms with E-state index in [2.05, 4.69) is 29.2 Å². The van der Waals surface area contributed by atoms with Crippen LogP contribution in [0.2, 0.25) is 0 Å². The molecule has 16 heavy (non-hydrogen) atoms. The monoisotopic (exact) mass is 219 g/mol. The largest absolute Gasteiger partial charge is 0.388 e. The lowest BCUT2D eigenvalue weighted by molar-refractivity contribution is 0.173. The van der Waals surface area contributed by atoms with Crippen molar-refractivity contribution in [2.24, 2.45) is 0 Å². The SMILES string of the molecule is CCC(O)c1ccc(N2CCCCC2)cc1. The number of hydrogen-bond donors (Lipinski definition) is 1. The number of rotatable bonds is 3. The standard InChI is InChI=1S/C14H21NO/c1-2-14(16)12-6-8-13(9-7-12)15-10-4-3-5-11-15/h6-9,14,16H,2-5,10-11H2,1H3. The minimum atomic E-state index is -0.310. The molecule has 0 aliphatic carbocycles. The van der Waals surface area contributed by atoms with E-state index >= 15 is 0 Å². The molecule has 1 aliphatic rings. The Balaban J connectivity index is 2.06. The Morgan fingerprint density at radius 3 is 2.31 bits per heavy atom. The summed E-state index contributed by atoms with van der Waals surface area (Å²) in [5, 5.41) is 9.72. The lowest BCUT2D eigenvalue weighted by Crippen LogP contribution is -2.29. The minimum absolute atomic E-state index is 0.310. The van der Waals surface area contributed by atoms with Crippen molar-refractivity contribution in [2.75, 3.05) is 18.0 Å². The smallest absolute Gasteiger partial charge is 0.0787 e. The highest BCUT2D eigenvalue weighted by Crippen LogP contribution is 2.23. The second kappa shape index (κ2) is 5.35. The van der Waals surface area contributed by atoms with Crippen LogP contribution in [0.15, 0.2) is 24.3 Å². The van der Waals surface area contributed by atoms with Gasteiger partial charge in [-0.3, -0.25) is 0 Å². The normalized spacial score (nSPS) is 18.5. The van der Waals surface area contributed by atoms with Crippen LogP contribution in [0.25, 0.3) is 0 Å². The summed E-state index contributed by atoms with van der Waals surface area (Å²) in [6.07, 6.45) is 4.45. The molecule has 0 bridgehead atoms. The lowest BCUT2D eigenvalue weighted by Gasteiger charge is -2.29. The van der Waals surface area contributed by atoms with Crippen LogP contribution in [-0.4, -0.2) is 18.2 Å². The van der Waals surface area contributed by atoms with Crippen molar-refractivity contribution in [3.05, 3.63) is 29.8 Å². The first-order valence-corrected chi connectivity index (χ1v) is 6.34. The summed E-state index contributed by atoms with van der Waals surface area (Å²) in [5.41, 5.74) is 2.33. The molecule has 1 aromatic rings. The van der Waals surface area contributed by atoms with Gasteiger partial charge >= 0.3 is 0 Å². The van der Waals surface area contributed by atoms with E-state index in [1.165, 1.54) is 38.0 Å². The molecule has 1 atom stereocenters. The van der Waals surface area contributed by atoms with Crippen molar-refractivity contribution < 1.29 is 5.11 Å². The van der Waals surface area contributed by atoms with Gasteiger partial charge in [-0.25, -0.2) is 0 Å². The Morgan fingerprint density at radius 1 is 1.12 bits per heavy atom. The summed E-state index contributed by atoms with van der Waals surface area (Å²) in [5.74, 6) is 0. The van der Waals surface area contributed by atoms with Gasteiger partial charge in [0, 0.05) is 18.8 Å². The molecular formula is C14H21NO. The molecule has 1 N–H and O–H groups in total. The van der Waals surface area contributed by atoms with Gasteiger partial charge in [-0.05, 0) is 43.4 Å². The zero-order chi connectivity index (χ0) is 11.4. The summed E-state index contributed by atoms with van der Waals surface area (Å²) >= 11 is 0. The Morgan fingerprint density at radius 2 is 1.75 bits per heavy atom. The molecule has 1 aromatic carbocycles. The molecule has 0 radical (unpaired) electrons. The molecule has 2 nitrogen and oxygen atoms in total. The van der Waals surface area contributed by atoms with Gasteiger partial charge in [0.25, 0.3) is 0 Å². The Bertz CT molecular complexity index is 314. The fourth-order valence-electron chi connectivity index (χ4n) is 2.30. The van der Waals surface area contributed by atoms with E-state index in [4.69, 9.17) is 0 Å². The minimum Gasteiger partial charge on any atom is -0.388 e. The van der Waals surface area contributed by atoms with E-state index in [0.717, 1.165) is 12.0 Å². The van der Waals surface area contributed by atoms with Gasteiger partial charge in [0.15, 0.2) is 0 Å². The second-order valence-electron chi connectivity index (χ2n) is 4.56. The molecule has 2 heteroatoms. The first-order valence-electron chi connectivity index (χ1n) is 6.34. The number of benzene rings is 1. The third-order valence-electron chi connectivity index (χ3n) is 3.39. The number of aliphatic hydroxyl groups is 1. The van der Waals surface area contributed by atoms with Crippen LogP contribution >= 0.6 is 0 Å². The number of nitrogens with zero attached hydrogens (tertiary/aromatic N) is 1. The van der Waals surface area contributed by atoms with Gasteiger partial charge in [-0.1, -0.05) is 19.1 Å². The topological polar surface area (TPSA) is 23.5 Å². The molecule has 1 aliphatic heterocycles. The Hall–Kier alpha value is -1.02. The molecule has 2 rings (SSSR count). The second-order valence-corrected chi connectivity index (χ2v) is 4.56. The number of aliphatic hydroxyl groups excluding tert-OH is 1. The zero-order valence-corrected chi connectivity index (χ0v) is 10.0. The van der Waals surface area contributed by atoms with Gasteiger partial charge < -0.3 is 10.0 Å². The van der Waals surface area contributed by atoms with Gasteiger partial charge in [0.2, 0.25) is 0 Å². The van der Waals surface area contributed by atoms with E-state index in [-0.39, 0.29) is 6.10 Å². The maximum absolute atomic E-state index is 9.72. The first kappa shape index (κ1) is 11.5. The molecule has 1 heterocycles. The number of anilines is 1. The van der Waals surface area contributed by atoms with Crippen molar-refractivity contribution >= 4 is 5.69 Å². The Kier molecular flexibility index (Phi) is 3.83. The maximum atomic E-state index is 9.72. The van der Waals surface area contributed by atoms with Crippen molar-refractivity contribution in [1.82, 2.24) is 0 Å². The highest BCUT2D eigenvalue weighted by molar-refractivity contribution is 5.48. The van der Waals surface area contributed by atoms with Crippen LogP contribution in [0.1, 0.15) is 44.3 Å². The van der Waals surface area contributed by atoms with E-state index in [1.54, 1.807) is 0 Å². The average Bonchev–Trinajstić information content (AvgIpc) is 2.39. The third-order valence-corrected chi connectivity index (χ3v) is 3.39. The van der Waals surface area contributed by atoms with Crippen LogP contribution in [0.3, 0.4) is 0 Å². The summed E-state index contributed by atoms with van der Waals surface area (Å²) in [4.78, 5) is 2.44. The van der Waals surface area contributed by atoms with Crippen LogP contribution < -0.4 is 4.90 Å². The average molecular weight is 219 g/mol. The van der Waals surface area contributed by atoms with Crippen molar-refractivity contribution in [2.45, 2.75) is 38.7 Å². The molecule has 1 saturated heterocycles. The van der Waals surface area contributed by atoms with Crippen molar-refractivity contribution in [3.63, 3.8) is 0 Å². The Labute approximate surface area is 97.9 Å². The molecular weight excluding hydrogens is 198 g/mol. The number of hydrogen-bond acceptors (Lipinski definition) is 2. The van der Waals surface area contributed by atoms with E-state index in [9.17, 15) is 5.11 Å². The molecule has 1 unspecified atom stereocenters. The quantitative estimate of drug-likeness (QED) is 0.844. The predicted octanol–water partition coefficient (Wildman–Crippen LogP) is 3.12. The molecule has 0 saturated carbocycles. The summed E-state index contributed by atoms with van der Waals surface area (Å²) in [6, 6.07) is 8.38. The highest BCUT2D eigenvalue weighted by atomic mass is 16.3. The summed E-state index contributed by atoms with van der Waals surface area (Å²) in [7, 11) is 0. The fraction of sp³-hybridized carbons (Fsp3) is 0.571. The summed E-state index contributed by atoms with van der Waals surface area (Å²) < 4.78 is 0. The predicted molar refractivity (Wildman–Crippen MR) is 67.8 cm³/mol. The maximum Gasteiger partial charge on any atom is 0.0787 e. The van der Waals surface area contributed by atoms with Crippen LogP contribution in [0, 0.1) is 0 Å². The van der Waals surface area contributed by atoms with Gasteiger partial charge in [0.1, 0.15) is 0 Å². The zero-order valence-electron chi connectivity index (χ0n) is 10.0. The highest BCUT2D eigenvalue weighted by Gasteiger charge is 2.11. The van der Waals surface area contributed by atoms with Crippen LogP contribution in [-0.2, 0) is 0 Å². The van der Waals surface area contributed by atoms with Gasteiger partial charge in [0.05, 0.1) is 6.10 Å². The lowest BCUT2D eigenvalue weighted by atomic mass is 10.1. The molecule has 0 spiro atoms. The molecule has 0 amide bonds. The van der Waals surface area contributed by atoms with Crippen molar-refractivity contribution in [3.8, 4) is 0 Å². The first-order chi connectivity index (χ1) is 7.81. The molecule has 1 fully saturated rings. The van der Waals surface area contributed by atoms with E-state index < -0.39 is 0 Å². The third kappa shape index (κ3) is 2.56. The fourth-order valence-corrected chi connectivity index (χ4v) is 2.30. The molecule has 88 valence electrons. The van der Waals surface area contributed by atoms with E-state index in [1.807, 2.05) is 6.92 Å². The van der Waals surface area contributed by atoms with Crippen molar-refractivity contribution in [1.29, 1.82) is 0 Å². The van der Waals surface area contributed by atoms with Crippen LogP contribution in [0.4, 0.5) is 5.69 Å². The number of piperidine rings is 1. The summed E-state index contributed by atoms with van der Waals surface area (Å²) in [6.45, 7) is 4.36. The van der Waals surface area contributed by atoms with Gasteiger partial charge in [-0.15, -0.1) is 0 Å². The molecule has 0 aromatic heterocycles.